The molecule has 0 aliphatic rings. The molecule has 0 saturated heterocycles. The van der Waals surface area contributed by atoms with Gasteiger partial charge in [0.2, 0.25) is 5.13 Å². The molecule has 0 spiro atoms. The van der Waals surface area contributed by atoms with E-state index in [0.29, 0.717) is 10.7 Å². The van der Waals surface area contributed by atoms with Gasteiger partial charge >= 0.3 is 0 Å². The Morgan fingerprint density at radius 2 is 2.00 bits per heavy atom. The van der Waals surface area contributed by atoms with Crippen LogP contribution in [0.2, 0.25) is 0 Å². The van der Waals surface area contributed by atoms with Crippen molar-refractivity contribution in [3.05, 3.63) is 65.4 Å². The molecule has 4 aromatic rings. The number of nitrogens with one attached hydrogen (secondary N) is 1. The maximum atomic E-state index is 12.3. The molecule has 0 radical (unpaired) electrons. The first-order valence-electron chi connectivity index (χ1n) is 7.34. The lowest BCUT2D eigenvalue weighted by Crippen LogP contribution is -2.11. The molecule has 0 aliphatic carbocycles. The summed E-state index contributed by atoms with van der Waals surface area (Å²) in [7, 11) is 0. The molecule has 6 nitrogen and oxygen atoms in total. The summed E-state index contributed by atoms with van der Waals surface area (Å²) < 4.78 is 2.07. The van der Waals surface area contributed by atoms with Crippen molar-refractivity contribution >= 4 is 33.4 Å². The average Bonchev–Trinajstić information content (AvgIpc) is 3.21. The topological polar surface area (TPSA) is 72.7 Å². The molecule has 2 aromatic heterocycles. The van der Waals surface area contributed by atoms with Gasteiger partial charge < -0.3 is 0 Å². The molecule has 1 N–H and O–H groups in total. The van der Waals surface area contributed by atoms with Crippen molar-refractivity contribution in [1.82, 2.24) is 19.7 Å². The molecule has 0 atom stereocenters. The maximum absolute atomic E-state index is 12.3. The first-order valence-corrected chi connectivity index (χ1v) is 8.22. The summed E-state index contributed by atoms with van der Waals surface area (Å²) in [6, 6.07) is 15.5. The second kappa shape index (κ2) is 5.86. The van der Waals surface area contributed by atoms with Crippen LogP contribution in [0.5, 0.6) is 0 Å². The number of benzene rings is 2. The van der Waals surface area contributed by atoms with E-state index >= 15 is 0 Å². The third-order valence-electron chi connectivity index (χ3n) is 3.68. The average molecular weight is 335 g/mol. The number of aryl methyl sites for hydroxylation is 1. The number of carbonyl (C=O) groups excluding carboxylic acids is 1. The van der Waals surface area contributed by atoms with Gasteiger partial charge in [-0.25, -0.2) is 4.98 Å². The lowest BCUT2D eigenvalue weighted by Gasteiger charge is -2.07. The number of anilines is 1. The number of nitrogens with zero attached hydrogens (tertiary/aromatic N) is 4. The lowest BCUT2D eigenvalue weighted by molar-refractivity contribution is 0.102. The molecule has 2 heterocycles. The number of hydrogen-bond acceptors (Lipinski definition) is 5. The first kappa shape index (κ1) is 14.5. The smallest absolute Gasteiger partial charge is 0.257 e. The number of imidazole rings is 1. The van der Waals surface area contributed by atoms with E-state index in [0.717, 1.165) is 22.5 Å². The molecule has 0 bridgehead atoms. The number of aromatic nitrogens is 4. The predicted molar refractivity (Wildman–Crippen MR) is 93.7 cm³/mol. The fourth-order valence-corrected chi connectivity index (χ4v) is 3.08. The van der Waals surface area contributed by atoms with E-state index in [9.17, 15) is 4.79 Å². The van der Waals surface area contributed by atoms with Crippen molar-refractivity contribution in [3.63, 3.8) is 0 Å². The van der Waals surface area contributed by atoms with Gasteiger partial charge in [0, 0.05) is 11.3 Å². The Hall–Kier alpha value is -3.06. The number of amides is 1. The van der Waals surface area contributed by atoms with Crippen LogP contribution in [0.4, 0.5) is 5.13 Å². The predicted octanol–water partition coefficient (Wildman–Crippen LogP) is 3.44. The van der Waals surface area contributed by atoms with Crippen LogP contribution in [0.25, 0.3) is 16.7 Å². The van der Waals surface area contributed by atoms with Crippen molar-refractivity contribution in [2.45, 2.75) is 6.92 Å². The Kier molecular flexibility index (Phi) is 3.55. The quantitative estimate of drug-likeness (QED) is 0.622. The molecule has 118 valence electrons. The Labute approximate surface area is 141 Å². The van der Waals surface area contributed by atoms with Crippen molar-refractivity contribution in [2.24, 2.45) is 0 Å². The standard InChI is InChI=1S/C17H13N5OS/c1-11-19-14-9-12(16(23)20-17-21-18-10-24-17)7-8-15(14)22(11)13-5-3-2-4-6-13/h2-10H,1H3,(H,20,21,23). The molecule has 0 unspecified atom stereocenters. The highest BCUT2D eigenvalue weighted by Gasteiger charge is 2.13. The summed E-state index contributed by atoms with van der Waals surface area (Å²) in [4.78, 5) is 16.9. The van der Waals surface area contributed by atoms with Gasteiger partial charge in [-0.2, -0.15) is 0 Å². The van der Waals surface area contributed by atoms with Crippen LogP contribution in [0.3, 0.4) is 0 Å². The van der Waals surface area contributed by atoms with Crippen molar-refractivity contribution < 1.29 is 4.79 Å². The fraction of sp³-hybridized carbons (Fsp3) is 0.0588. The molecular formula is C17H13N5OS. The zero-order valence-electron chi connectivity index (χ0n) is 12.8. The maximum Gasteiger partial charge on any atom is 0.257 e. The van der Waals surface area contributed by atoms with Crippen LogP contribution in [0, 0.1) is 6.92 Å². The van der Waals surface area contributed by atoms with E-state index in [1.807, 2.05) is 43.3 Å². The Balaban J connectivity index is 1.73. The summed E-state index contributed by atoms with van der Waals surface area (Å²) in [5, 5.41) is 10.7. The molecule has 0 saturated carbocycles. The van der Waals surface area contributed by atoms with Gasteiger partial charge in [0.25, 0.3) is 5.91 Å². The van der Waals surface area contributed by atoms with Gasteiger partial charge in [0.1, 0.15) is 11.3 Å². The minimum Gasteiger partial charge on any atom is -0.297 e. The number of hydrogen-bond donors (Lipinski definition) is 1. The molecule has 1 amide bonds. The van der Waals surface area contributed by atoms with Gasteiger partial charge in [0.15, 0.2) is 0 Å². The summed E-state index contributed by atoms with van der Waals surface area (Å²) in [5.74, 6) is 0.651. The molecule has 7 heteroatoms. The molecule has 24 heavy (non-hydrogen) atoms. The van der Waals surface area contributed by atoms with Crippen LogP contribution in [0.1, 0.15) is 16.2 Å². The second-order valence-corrected chi connectivity index (χ2v) is 6.06. The SMILES string of the molecule is Cc1nc2cc(C(=O)Nc3nncs3)ccc2n1-c1ccccc1. The van der Waals surface area contributed by atoms with E-state index in [1.54, 1.807) is 17.6 Å². The van der Waals surface area contributed by atoms with Crippen LogP contribution in [-0.4, -0.2) is 25.7 Å². The highest BCUT2D eigenvalue weighted by atomic mass is 32.1. The first-order chi connectivity index (χ1) is 11.7. The van der Waals surface area contributed by atoms with E-state index < -0.39 is 0 Å². The van der Waals surface area contributed by atoms with E-state index in [2.05, 4.69) is 25.1 Å². The third-order valence-corrected chi connectivity index (χ3v) is 4.29. The van der Waals surface area contributed by atoms with E-state index in [4.69, 9.17) is 0 Å². The van der Waals surface area contributed by atoms with Gasteiger partial charge in [-0.1, -0.05) is 29.5 Å². The summed E-state index contributed by atoms with van der Waals surface area (Å²) in [5.41, 5.74) is 4.90. The molecule has 4 rings (SSSR count). The molecule has 2 aromatic carbocycles. The zero-order chi connectivity index (χ0) is 16.5. The monoisotopic (exact) mass is 335 g/mol. The van der Waals surface area contributed by atoms with Crippen LogP contribution in [0.15, 0.2) is 54.0 Å². The Morgan fingerprint density at radius 1 is 1.17 bits per heavy atom. The zero-order valence-corrected chi connectivity index (χ0v) is 13.6. The fourth-order valence-electron chi connectivity index (χ4n) is 2.64. The largest absolute Gasteiger partial charge is 0.297 e. The number of para-hydroxylation sites is 1. The summed E-state index contributed by atoms with van der Waals surface area (Å²) in [6.45, 7) is 1.95. The Bertz CT molecular complexity index is 1010. The number of rotatable bonds is 3. The van der Waals surface area contributed by atoms with Crippen molar-refractivity contribution in [1.29, 1.82) is 0 Å². The summed E-state index contributed by atoms with van der Waals surface area (Å²) >= 11 is 1.28. The van der Waals surface area contributed by atoms with Gasteiger partial charge in [-0.15, -0.1) is 10.2 Å². The van der Waals surface area contributed by atoms with Crippen LogP contribution < -0.4 is 5.32 Å². The Morgan fingerprint density at radius 3 is 2.75 bits per heavy atom. The van der Waals surface area contributed by atoms with Gasteiger partial charge in [-0.05, 0) is 37.3 Å². The number of fused-ring (bicyclic) bond motifs is 1. The highest BCUT2D eigenvalue weighted by Crippen LogP contribution is 2.22. The van der Waals surface area contributed by atoms with Crippen molar-refractivity contribution in [2.75, 3.05) is 5.32 Å². The number of carbonyl (C=O) groups is 1. The molecular weight excluding hydrogens is 322 g/mol. The van der Waals surface area contributed by atoms with Crippen LogP contribution >= 0.6 is 11.3 Å². The van der Waals surface area contributed by atoms with Crippen molar-refractivity contribution in [3.8, 4) is 5.69 Å². The summed E-state index contributed by atoms with van der Waals surface area (Å²) in [6.07, 6.45) is 0. The highest BCUT2D eigenvalue weighted by molar-refractivity contribution is 7.13. The van der Waals surface area contributed by atoms with Gasteiger partial charge in [-0.3, -0.25) is 14.7 Å². The van der Waals surface area contributed by atoms with Crippen LogP contribution in [-0.2, 0) is 0 Å². The minimum atomic E-state index is -0.222. The molecule has 0 fully saturated rings. The van der Waals surface area contributed by atoms with E-state index in [-0.39, 0.29) is 5.91 Å². The van der Waals surface area contributed by atoms with Gasteiger partial charge in [0.05, 0.1) is 11.0 Å². The molecule has 0 aliphatic heterocycles. The lowest BCUT2D eigenvalue weighted by atomic mass is 10.2. The van der Waals surface area contributed by atoms with E-state index in [1.165, 1.54) is 11.3 Å². The minimum absolute atomic E-state index is 0.222. The second-order valence-electron chi connectivity index (χ2n) is 5.23. The normalized spacial score (nSPS) is 10.9. The third kappa shape index (κ3) is 2.55.